The van der Waals surface area contributed by atoms with Crippen molar-refractivity contribution >= 4 is 11.6 Å². The summed E-state index contributed by atoms with van der Waals surface area (Å²) >= 11 is 0. The number of anilines is 1. The highest BCUT2D eigenvalue weighted by Crippen LogP contribution is 2.10. The number of methoxy groups -OCH3 is 1. The number of ether oxygens (including phenoxy) is 1. The maximum atomic E-state index is 5.35. The third-order valence-electron chi connectivity index (χ3n) is 1.99. The van der Waals surface area contributed by atoms with Gasteiger partial charge in [-0.15, -0.1) is 0 Å². The van der Waals surface area contributed by atoms with E-state index in [4.69, 9.17) is 10.6 Å². The van der Waals surface area contributed by atoms with E-state index in [1.807, 2.05) is 13.0 Å². The topological polar surface area (TPSA) is 84.6 Å². The number of pyridine rings is 1. The quantitative estimate of drug-likeness (QED) is 0.224. The number of hydrogen-bond donors (Lipinski definition) is 3. The van der Waals surface area contributed by atoms with Crippen molar-refractivity contribution in [3.8, 4) is 0 Å². The van der Waals surface area contributed by atoms with Crippen LogP contribution < -0.4 is 16.6 Å². The Hall–Kier alpha value is -1.66. The lowest BCUT2D eigenvalue weighted by Gasteiger charge is -2.10. The van der Waals surface area contributed by atoms with Gasteiger partial charge in [0.1, 0.15) is 0 Å². The molecule has 6 heteroatoms. The van der Waals surface area contributed by atoms with E-state index in [9.17, 15) is 0 Å². The second-order valence-corrected chi connectivity index (χ2v) is 3.18. The van der Waals surface area contributed by atoms with Crippen LogP contribution in [0.4, 0.5) is 5.69 Å². The summed E-state index contributed by atoms with van der Waals surface area (Å²) in [6, 6.07) is 1.91. The van der Waals surface area contributed by atoms with Gasteiger partial charge in [0.2, 0.25) is 5.96 Å². The fraction of sp³-hybridized carbons (Fsp3) is 0.400. The Morgan fingerprint density at radius 2 is 2.44 bits per heavy atom. The smallest absolute Gasteiger partial charge is 0.210 e. The van der Waals surface area contributed by atoms with E-state index in [0.29, 0.717) is 19.1 Å². The number of guanidine groups is 1. The van der Waals surface area contributed by atoms with Gasteiger partial charge < -0.3 is 10.1 Å². The number of hydrogen-bond acceptors (Lipinski definition) is 4. The fourth-order valence-electron chi connectivity index (χ4n) is 1.09. The molecular weight excluding hydrogens is 206 g/mol. The van der Waals surface area contributed by atoms with Gasteiger partial charge >= 0.3 is 0 Å². The van der Waals surface area contributed by atoms with Crippen LogP contribution in [0.5, 0.6) is 0 Å². The summed E-state index contributed by atoms with van der Waals surface area (Å²) in [5.74, 6) is 5.84. The molecule has 1 aromatic heterocycles. The van der Waals surface area contributed by atoms with Gasteiger partial charge in [-0.05, 0) is 18.6 Å². The molecule has 1 rings (SSSR count). The Balaban J connectivity index is 2.63. The molecule has 88 valence electrons. The molecule has 0 unspecified atom stereocenters. The molecule has 0 spiro atoms. The molecule has 0 atom stereocenters. The van der Waals surface area contributed by atoms with Crippen LogP contribution in [0.2, 0.25) is 0 Å². The number of hydrazine groups is 1. The van der Waals surface area contributed by atoms with Crippen LogP contribution in [-0.4, -0.2) is 31.2 Å². The average Bonchev–Trinajstić information content (AvgIpc) is 2.30. The first-order chi connectivity index (χ1) is 7.77. The standard InChI is InChI=1S/C10H17N5O/c1-8-3-4-12-7-9(8)14-10(15-11)13-5-6-16-2/h3-4,7H,5-6,11H2,1-2H3,(H2,13,14,15). The zero-order valence-electron chi connectivity index (χ0n) is 9.53. The summed E-state index contributed by atoms with van der Waals surface area (Å²) in [6.45, 7) is 3.08. The molecule has 1 heterocycles. The second kappa shape index (κ2) is 6.76. The Labute approximate surface area is 94.9 Å². The lowest BCUT2D eigenvalue weighted by atomic mass is 10.2. The molecule has 1 aromatic rings. The minimum Gasteiger partial charge on any atom is -0.383 e. The van der Waals surface area contributed by atoms with E-state index >= 15 is 0 Å². The van der Waals surface area contributed by atoms with Crippen molar-refractivity contribution in [3.05, 3.63) is 24.0 Å². The number of aryl methyl sites for hydroxylation is 1. The first-order valence-corrected chi connectivity index (χ1v) is 4.95. The number of nitrogens with zero attached hydrogens (tertiary/aromatic N) is 2. The molecule has 0 aliphatic carbocycles. The van der Waals surface area contributed by atoms with Crippen LogP contribution in [0.25, 0.3) is 0 Å². The number of nitrogens with one attached hydrogen (secondary N) is 2. The highest BCUT2D eigenvalue weighted by molar-refractivity contribution is 5.93. The summed E-state index contributed by atoms with van der Waals surface area (Å²) in [5.41, 5.74) is 4.44. The van der Waals surface area contributed by atoms with Gasteiger partial charge in [0.25, 0.3) is 0 Å². The maximum absolute atomic E-state index is 5.35. The summed E-state index contributed by atoms with van der Waals surface area (Å²) < 4.78 is 4.89. The predicted molar refractivity (Wildman–Crippen MR) is 64.1 cm³/mol. The molecule has 0 saturated heterocycles. The Morgan fingerprint density at radius 1 is 1.62 bits per heavy atom. The average molecular weight is 223 g/mol. The van der Waals surface area contributed by atoms with Gasteiger partial charge in [0, 0.05) is 13.3 Å². The van der Waals surface area contributed by atoms with Crippen molar-refractivity contribution in [2.75, 3.05) is 25.6 Å². The third-order valence-corrected chi connectivity index (χ3v) is 1.99. The van der Waals surface area contributed by atoms with E-state index in [0.717, 1.165) is 11.3 Å². The van der Waals surface area contributed by atoms with Gasteiger partial charge in [0.05, 0.1) is 25.0 Å². The minimum atomic E-state index is 0.494. The van der Waals surface area contributed by atoms with Gasteiger partial charge in [0.15, 0.2) is 0 Å². The highest BCUT2D eigenvalue weighted by atomic mass is 16.5. The maximum Gasteiger partial charge on any atom is 0.210 e. The zero-order chi connectivity index (χ0) is 11.8. The molecule has 4 N–H and O–H groups in total. The van der Waals surface area contributed by atoms with Crippen LogP contribution in [0, 0.1) is 6.92 Å². The predicted octanol–water partition coefficient (Wildman–Crippen LogP) is 0.268. The largest absolute Gasteiger partial charge is 0.383 e. The first kappa shape index (κ1) is 12.4. The van der Waals surface area contributed by atoms with Crippen LogP contribution in [0.3, 0.4) is 0 Å². The van der Waals surface area contributed by atoms with Gasteiger partial charge in [-0.1, -0.05) is 0 Å². The molecule has 0 saturated carbocycles. The molecule has 0 aromatic carbocycles. The minimum absolute atomic E-state index is 0.494. The molecule has 0 bridgehead atoms. The zero-order valence-corrected chi connectivity index (χ0v) is 9.53. The molecule has 0 radical (unpaired) electrons. The van der Waals surface area contributed by atoms with Crippen LogP contribution in [-0.2, 0) is 4.74 Å². The van der Waals surface area contributed by atoms with E-state index < -0.39 is 0 Å². The SMILES string of the molecule is COCCN=C(NN)Nc1cnccc1C. The number of aromatic nitrogens is 1. The lowest BCUT2D eigenvalue weighted by Crippen LogP contribution is -2.36. The number of rotatable bonds is 4. The van der Waals surface area contributed by atoms with E-state index in [1.165, 1.54) is 0 Å². The highest BCUT2D eigenvalue weighted by Gasteiger charge is 2.00. The normalized spacial score (nSPS) is 11.3. The van der Waals surface area contributed by atoms with E-state index in [2.05, 4.69) is 20.7 Å². The molecule has 0 aliphatic rings. The van der Waals surface area contributed by atoms with Crippen LogP contribution in [0.1, 0.15) is 5.56 Å². The Morgan fingerprint density at radius 3 is 3.06 bits per heavy atom. The van der Waals surface area contributed by atoms with Crippen molar-refractivity contribution in [1.82, 2.24) is 10.4 Å². The summed E-state index contributed by atoms with van der Waals surface area (Å²) in [6.07, 6.45) is 3.46. The monoisotopic (exact) mass is 223 g/mol. The Kier molecular flexibility index (Phi) is 5.24. The van der Waals surface area contributed by atoms with Crippen molar-refractivity contribution in [1.29, 1.82) is 0 Å². The van der Waals surface area contributed by atoms with Crippen molar-refractivity contribution in [2.24, 2.45) is 10.8 Å². The molecule has 16 heavy (non-hydrogen) atoms. The lowest BCUT2D eigenvalue weighted by molar-refractivity contribution is 0.208. The number of aliphatic imine (C=N–C) groups is 1. The van der Waals surface area contributed by atoms with Crippen LogP contribution in [0.15, 0.2) is 23.5 Å². The van der Waals surface area contributed by atoms with Gasteiger partial charge in [-0.2, -0.15) is 0 Å². The van der Waals surface area contributed by atoms with E-state index in [-0.39, 0.29) is 0 Å². The van der Waals surface area contributed by atoms with Crippen molar-refractivity contribution < 1.29 is 4.74 Å². The molecule has 0 amide bonds. The molecule has 6 nitrogen and oxygen atoms in total. The first-order valence-electron chi connectivity index (χ1n) is 4.95. The van der Waals surface area contributed by atoms with Gasteiger partial charge in [-0.25, -0.2) is 10.8 Å². The molecule has 0 aliphatic heterocycles. The molecular formula is C10H17N5O. The fourth-order valence-corrected chi connectivity index (χ4v) is 1.09. The Bertz CT molecular complexity index is 353. The van der Waals surface area contributed by atoms with Crippen LogP contribution >= 0.6 is 0 Å². The van der Waals surface area contributed by atoms with Crippen molar-refractivity contribution in [3.63, 3.8) is 0 Å². The number of nitrogens with two attached hydrogens (primary N) is 1. The second-order valence-electron chi connectivity index (χ2n) is 3.18. The summed E-state index contributed by atoms with van der Waals surface area (Å²) in [4.78, 5) is 8.20. The van der Waals surface area contributed by atoms with Crippen molar-refractivity contribution in [2.45, 2.75) is 6.92 Å². The summed E-state index contributed by atoms with van der Waals surface area (Å²) in [7, 11) is 1.63. The van der Waals surface area contributed by atoms with E-state index in [1.54, 1.807) is 19.5 Å². The summed E-state index contributed by atoms with van der Waals surface area (Å²) in [5, 5.41) is 3.05. The van der Waals surface area contributed by atoms with Gasteiger partial charge in [-0.3, -0.25) is 10.4 Å². The third kappa shape index (κ3) is 3.84. The molecule has 0 fully saturated rings.